The molecule has 1 aliphatic heterocycles. The minimum absolute atomic E-state index is 0.0457. The molecule has 4 N–H and O–H groups in total. The van der Waals surface area contributed by atoms with E-state index in [9.17, 15) is 24.0 Å². The SMILES string of the molecule is CC(C)CNC(=O)C1CC(C(=O)OC(C)(C)C)N(C(=O)CNC(=O)Nc2cccc(C(=O)O)c2)C1c1ccccc1F. The summed E-state index contributed by atoms with van der Waals surface area (Å²) in [7, 11) is 0. The number of hydrogen-bond donors (Lipinski definition) is 4. The van der Waals surface area contributed by atoms with Gasteiger partial charge in [-0.05, 0) is 57.4 Å². The van der Waals surface area contributed by atoms with Crippen LogP contribution in [0.4, 0.5) is 14.9 Å². The Bertz CT molecular complexity index is 1340. The minimum atomic E-state index is -1.23. The Morgan fingerprint density at radius 3 is 2.36 bits per heavy atom. The standard InChI is InChI=1S/C30H37FN4O7/c1-17(2)15-32-26(37)21-14-23(28(40)42-30(3,4)5)35(25(21)20-11-6-7-12-22(20)31)24(36)16-33-29(41)34-19-10-8-9-18(13-19)27(38)39/h6-13,17,21,23,25H,14-16H2,1-5H3,(H,32,37)(H,38,39)(H2,33,34,41). The summed E-state index contributed by atoms with van der Waals surface area (Å²) >= 11 is 0. The highest BCUT2D eigenvalue weighted by Gasteiger charge is 2.52. The normalized spacial score (nSPS) is 18.4. The van der Waals surface area contributed by atoms with Gasteiger partial charge in [0.25, 0.3) is 0 Å². The number of aromatic carboxylic acids is 1. The average molecular weight is 585 g/mol. The number of nitrogens with one attached hydrogen (secondary N) is 3. The third-order valence-electron chi connectivity index (χ3n) is 6.47. The fraction of sp³-hybridized carbons (Fsp3) is 0.433. The fourth-order valence-corrected chi connectivity index (χ4v) is 4.70. The lowest BCUT2D eigenvalue weighted by Crippen LogP contribution is -2.49. The van der Waals surface area contributed by atoms with E-state index in [0.717, 1.165) is 4.90 Å². The molecule has 0 aromatic heterocycles. The maximum atomic E-state index is 15.2. The molecule has 226 valence electrons. The summed E-state index contributed by atoms with van der Waals surface area (Å²) < 4.78 is 20.7. The number of anilines is 1. The van der Waals surface area contributed by atoms with Gasteiger partial charge in [-0.3, -0.25) is 9.59 Å². The number of nitrogens with zero attached hydrogens (tertiary/aromatic N) is 1. The van der Waals surface area contributed by atoms with Crippen LogP contribution in [0.5, 0.6) is 0 Å². The van der Waals surface area contributed by atoms with E-state index >= 15 is 4.39 Å². The third kappa shape index (κ3) is 8.27. The summed E-state index contributed by atoms with van der Waals surface area (Å²) in [6.45, 7) is 8.56. The molecular formula is C30H37FN4O7. The third-order valence-corrected chi connectivity index (χ3v) is 6.47. The summed E-state index contributed by atoms with van der Waals surface area (Å²) in [6, 6.07) is 8.04. The molecule has 2 aromatic carbocycles. The topological polar surface area (TPSA) is 154 Å². The van der Waals surface area contributed by atoms with Crippen LogP contribution in [0, 0.1) is 17.7 Å². The van der Waals surface area contributed by atoms with Crippen LogP contribution in [0.2, 0.25) is 0 Å². The number of carboxylic acids is 1. The van der Waals surface area contributed by atoms with Crippen molar-refractivity contribution in [2.75, 3.05) is 18.4 Å². The van der Waals surface area contributed by atoms with Gasteiger partial charge in [-0.1, -0.05) is 38.1 Å². The minimum Gasteiger partial charge on any atom is -0.478 e. The van der Waals surface area contributed by atoms with E-state index in [1.165, 1.54) is 42.5 Å². The molecule has 4 amide bonds. The highest BCUT2D eigenvalue weighted by Crippen LogP contribution is 2.43. The molecule has 1 aliphatic rings. The Kier molecular flexibility index (Phi) is 10.3. The van der Waals surface area contributed by atoms with Crippen molar-refractivity contribution in [1.29, 1.82) is 0 Å². The molecule has 0 bridgehead atoms. The zero-order valence-corrected chi connectivity index (χ0v) is 24.3. The Balaban J connectivity index is 1.92. The number of halogens is 1. The number of rotatable bonds is 9. The van der Waals surface area contributed by atoms with Crippen molar-refractivity contribution in [1.82, 2.24) is 15.5 Å². The summed E-state index contributed by atoms with van der Waals surface area (Å²) in [5, 5.41) is 16.9. The maximum Gasteiger partial charge on any atom is 0.335 e. The molecule has 1 heterocycles. The molecule has 0 saturated carbocycles. The van der Waals surface area contributed by atoms with Crippen molar-refractivity contribution in [2.45, 2.75) is 58.7 Å². The first-order valence-corrected chi connectivity index (χ1v) is 13.6. The zero-order chi connectivity index (χ0) is 31.2. The number of amides is 4. The molecule has 1 fully saturated rings. The van der Waals surface area contributed by atoms with Crippen LogP contribution in [0.1, 0.15) is 63.0 Å². The number of benzene rings is 2. The predicted octanol–water partition coefficient (Wildman–Crippen LogP) is 3.72. The van der Waals surface area contributed by atoms with E-state index in [1.54, 1.807) is 26.8 Å². The number of hydrogen-bond acceptors (Lipinski definition) is 6. The van der Waals surface area contributed by atoms with Gasteiger partial charge < -0.3 is 30.7 Å². The highest BCUT2D eigenvalue weighted by atomic mass is 19.1. The van der Waals surface area contributed by atoms with Gasteiger partial charge in [0, 0.05) is 17.8 Å². The Hall–Kier alpha value is -4.48. The molecule has 0 radical (unpaired) electrons. The number of carbonyl (C=O) groups is 5. The summed E-state index contributed by atoms with van der Waals surface area (Å²) in [6.07, 6.45) is -0.113. The molecule has 12 heteroatoms. The summed E-state index contributed by atoms with van der Waals surface area (Å²) in [5.41, 5.74) is -0.717. The van der Waals surface area contributed by atoms with E-state index in [0.29, 0.717) is 6.54 Å². The average Bonchev–Trinajstić information content (AvgIpc) is 3.30. The van der Waals surface area contributed by atoms with Crippen LogP contribution in [0.15, 0.2) is 48.5 Å². The largest absolute Gasteiger partial charge is 0.478 e. The molecule has 0 spiro atoms. The smallest absolute Gasteiger partial charge is 0.335 e. The van der Waals surface area contributed by atoms with E-state index in [1.807, 2.05) is 13.8 Å². The second-order valence-corrected chi connectivity index (χ2v) is 11.5. The summed E-state index contributed by atoms with van der Waals surface area (Å²) in [4.78, 5) is 65.3. The van der Waals surface area contributed by atoms with Crippen LogP contribution in [-0.4, -0.2) is 64.5 Å². The molecule has 2 aromatic rings. The molecule has 3 rings (SSSR count). The molecule has 3 unspecified atom stereocenters. The van der Waals surface area contributed by atoms with E-state index in [-0.39, 0.29) is 29.2 Å². The van der Waals surface area contributed by atoms with Gasteiger partial charge in [0.1, 0.15) is 17.5 Å². The molecule has 1 saturated heterocycles. The van der Waals surface area contributed by atoms with Crippen LogP contribution >= 0.6 is 0 Å². The second-order valence-electron chi connectivity index (χ2n) is 11.5. The molecule has 11 nitrogen and oxygen atoms in total. The Labute approximate surface area is 243 Å². The van der Waals surface area contributed by atoms with Gasteiger partial charge in [-0.25, -0.2) is 18.8 Å². The van der Waals surface area contributed by atoms with Gasteiger partial charge in [-0.15, -0.1) is 0 Å². The lowest BCUT2D eigenvalue weighted by molar-refractivity contribution is -0.164. The number of urea groups is 1. The van der Waals surface area contributed by atoms with Crippen molar-refractivity contribution in [3.63, 3.8) is 0 Å². The zero-order valence-electron chi connectivity index (χ0n) is 24.3. The summed E-state index contributed by atoms with van der Waals surface area (Å²) in [5.74, 6) is -4.63. The van der Waals surface area contributed by atoms with Crippen molar-refractivity contribution in [3.8, 4) is 0 Å². The number of carbonyl (C=O) groups excluding carboxylic acids is 4. The van der Waals surface area contributed by atoms with Crippen LogP contribution < -0.4 is 16.0 Å². The number of carboxylic acid groups (broad SMARTS) is 1. The van der Waals surface area contributed by atoms with Crippen LogP contribution in [0.3, 0.4) is 0 Å². The van der Waals surface area contributed by atoms with Crippen molar-refractivity contribution in [3.05, 3.63) is 65.5 Å². The molecule has 3 atom stereocenters. The van der Waals surface area contributed by atoms with E-state index in [2.05, 4.69) is 16.0 Å². The molecule has 42 heavy (non-hydrogen) atoms. The van der Waals surface area contributed by atoms with Gasteiger partial charge in [0.05, 0.1) is 24.1 Å². The monoisotopic (exact) mass is 584 g/mol. The number of ether oxygens (including phenoxy) is 1. The number of esters is 1. The quantitative estimate of drug-likeness (QED) is 0.328. The fourth-order valence-electron chi connectivity index (χ4n) is 4.70. The van der Waals surface area contributed by atoms with Crippen LogP contribution in [-0.2, 0) is 19.1 Å². The van der Waals surface area contributed by atoms with Gasteiger partial charge in [-0.2, -0.15) is 0 Å². The van der Waals surface area contributed by atoms with E-state index < -0.39 is 65.7 Å². The second kappa shape index (κ2) is 13.5. The lowest BCUT2D eigenvalue weighted by atomic mass is 9.91. The van der Waals surface area contributed by atoms with Gasteiger partial charge >= 0.3 is 18.0 Å². The first kappa shape index (κ1) is 32.0. The predicted molar refractivity (Wildman–Crippen MR) is 152 cm³/mol. The van der Waals surface area contributed by atoms with Crippen LogP contribution in [0.25, 0.3) is 0 Å². The number of likely N-dealkylation sites (tertiary alicyclic amines) is 1. The Morgan fingerprint density at radius 1 is 1.05 bits per heavy atom. The van der Waals surface area contributed by atoms with Gasteiger partial charge in [0.2, 0.25) is 11.8 Å². The first-order valence-electron chi connectivity index (χ1n) is 13.6. The Morgan fingerprint density at radius 2 is 1.74 bits per heavy atom. The molecule has 0 aliphatic carbocycles. The van der Waals surface area contributed by atoms with Crippen molar-refractivity contribution < 1.29 is 38.2 Å². The van der Waals surface area contributed by atoms with Crippen molar-refractivity contribution in [2.24, 2.45) is 11.8 Å². The first-order chi connectivity index (χ1) is 19.7. The van der Waals surface area contributed by atoms with Gasteiger partial charge in [0.15, 0.2) is 0 Å². The van der Waals surface area contributed by atoms with Crippen molar-refractivity contribution >= 4 is 35.5 Å². The lowest BCUT2D eigenvalue weighted by Gasteiger charge is -2.32. The maximum absolute atomic E-state index is 15.2. The molecular weight excluding hydrogens is 547 g/mol. The highest BCUT2D eigenvalue weighted by molar-refractivity contribution is 5.96. The van der Waals surface area contributed by atoms with E-state index in [4.69, 9.17) is 9.84 Å².